The number of nitrogens with zero attached hydrogens (tertiary/aromatic N) is 5. The summed E-state index contributed by atoms with van der Waals surface area (Å²) in [5.41, 5.74) is 1.49. The van der Waals surface area contributed by atoms with Gasteiger partial charge in [-0.1, -0.05) is 67.0 Å². The third kappa shape index (κ3) is 16.9. The van der Waals surface area contributed by atoms with E-state index in [1.165, 1.54) is 26.2 Å². The standard InChI is InChI=1S/C51H81ClN10O9/c1-15-31(6)44(61(12)51(69)42(29(2)3)59-50(68)43(30(4)5)60(10)11)39(70-13)25-41(63)62-23-17-20-38(62)45(71-14)32(7)46(64)53-22-21-35-18-16-19-37(24-35)58-48(66)34(9)56-47(65)33(8)57-49(67)36-27-54-40(26-52)55-28-36/h16,18-19,24,27-34,38-39,42-45H,15,17,20-23,25-26H2,1-14H3,(H,53,64)(H,56,65)(H,57,67)(H,58,66)(H,59,68)/t31-,32+,33-,34-,38-,39+,42-,43-,44-,45+/m0/s1. The molecule has 3 rings (SSSR count). The van der Waals surface area contributed by atoms with Crippen LogP contribution in [0.25, 0.3) is 0 Å². The number of anilines is 1. The molecule has 0 unspecified atom stereocenters. The third-order valence-corrected chi connectivity index (χ3v) is 13.7. The summed E-state index contributed by atoms with van der Waals surface area (Å²) in [6.45, 7) is 17.4. The maximum absolute atomic E-state index is 14.3. The fraction of sp³-hybridized carbons (Fsp3) is 0.667. The maximum Gasteiger partial charge on any atom is 0.255 e. The van der Waals surface area contributed by atoms with Gasteiger partial charge in [0.2, 0.25) is 35.4 Å². The quantitative estimate of drug-likeness (QED) is 0.0806. The Labute approximate surface area is 426 Å². The average Bonchev–Trinajstić information content (AvgIpc) is 3.82. The molecule has 1 aliphatic heterocycles. The molecule has 1 aromatic carbocycles. The van der Waals surface area contributed by atoms with E-state index in [-0.39, 0.29) is 71.8 Å². The Bertz CT molecular complexity index is 2080. The Morgan fingerprint density at radius 2 is 1.48 bits per heavy atom. The largest absolute Gasteiger partial charge is 0.379 e. The number of rotatable bonds is 27. The van der Waals surface area contributed by atoms with E-state index in [9.17, 15) is 33.6 Å². The van der Waals surface area contributed by atoms with Gasteiger partial charge < -0.3 is 45.9 Å². The van der Waals surface area contributed by atoms with Crippen LogP contribution in [0.3, 0.4) is 0 Å². The van der Waals surface area contributed by atoms with E-state index in [1.807, 2.05) is 66.6 Å². The van der Waals surface area contributed by atoms with Crippen molar-refractivity contribution in [3.63, 3.8) is 0 Å². The second-order valence-corrected chi connectivity index (χ2v) is 19.9. The predicted octanol–water partition coefficient (Wildman–Crippen LogP) is 3.78. The van der Waals surface area contributed by atoms with Gasteiger partial charge in [-0.05, 0) is 82.7 Å². The normalized spacial score (nSPS) is 17.5. The fourth-order valence-corrected chi connectivity index (χ4v) is 9.39. The molecule has 2 heterocycles. The SMILES string of the molecule is CC[C@H](C)[C@@H]([C@@H](CC(=O)N1CCC[C@H]1[C@H](OC)[C@@H](C)C(=O)NCCc1cccc(NC(=O)[C@H](C)NC(=O)[C@H](C)NC(=O)c2cnc(CCl)nc2)c1)OC)N(C)C(=O)[C@@H](NC(=O)[C@H](C(C)C)N(C)C)C(C)C. The van der Waals surface area contributed by atoms with Crippen LogP contribution in [0.1, 0.15) is 110 Å². The van der Waals surface area contributed by atoms with E-state index < -0.39 is 66.1 Å². The lowest BCUT2D eigenvalue weighted by atomic mass is 9.89. The van der Waals surface area contributed by atoms with Crippen molar-refractivity contribution in [2.75, 3.05) is 53.8 Å². The van der Waals surface area contributed by atoms with Crippen LogP contribution < -0.4 is 26.6 Å². The summed E-state index contributed by atoms with van der Waals surface area (Å²) >= 11 is 5.71. The van der Waals surface area contributed by atoms with E-state index in [0.29, 0.717) is 37.3 Å². The van der Waals surface area contributed by atoms with E-state index in [4.69, 9.17) is 21.1 Å². The van der Waals surface area contributed by atoms with Crippen LogP contribution in [0.5, 0.6) is 0 Å². The van der Waals surface area contributed by atoms with Crippen molar-refractivity contribution in [3.8, 4) is 0 Å². The second-order valence-electron chi connectivity index (χ2n) is 19.6. The molecule has 71 heavy (non-hydrogen) atoms. The Kier molecular flexibility index (Phi) is 24.3. The molecule has 7 amide bonds. The van der Waals surface area contributed by atoms with Crippen LogP contribution in [0.4, 0.5) is 5.69 Å². The number of hydrogen-bond acceptors (Lipinski definition) is 12. The number of likely N-dealkylation sites (N-methyl/N-ethyl adjacent to an activating group) is 2. The number of alkyl halides is 1. The third-order valence-electron chi connectivity index (χ3n) is 13.4. The Morgan fingerprint density at radius 3 is 2.04 bits per heavy atom. The molecule has 1 fully saturated rings. The molecular weight excluding hydrogens is 932 g/mol. The second kappa shape index (κ2) is 28.7. The molecule has 5 N–H and O–H groups in total. The van der Waals surface area contributed by atoms with Crippen molar-refractivity contribution < 1.29 is 43.0 Å². The first-order valence-corrected chi connectivity index (χ1v) is 25.3. The number of aromatic nitrogens is 2. The van der Waals surface area contributed by atoms with Gasteiger partial charge in [0.05, 0.1) is 54.1 Å². The highest BCUT2D eigenvalue weighted by molar-refractivity contribution is 6.16. The van der Waals surface area contributed by atoms with Crippen molar-refractivity contribution in [1.29, 1.82) is 0 Å². The lowest BCUT2D eigenvalue weighted by Crippen LogP contribution is -2.59. The lowest BCUT2D eigenvalue weighted by molar-refractivity contribution is -0.148. The molecular formula is C51H81ClN10O9. The summed E-state index contributed by atoms with van der Waals surface area (Å²) in [5.74, 6) is -2.85. The van der Waals surface area contributed by atoms with Crippen LogP contribution >= 0.6 is 11.6 Å². The van der Waals surface area contributed by atoms with Gasteiger partial charge in [-0.3, -0.25) is 38.5 Å². The van der Waals surface area contributed by atoms with Gasteiger partial charge in [0, 0.05) is 52.4 Å². The molecule has 0 spiro atoms. The number of nitrogens with one attached hydrogen (secondary N) is 5. The number of ether oxygens (including phenoxy) is 2. The number of halogens is 1. The molecule has 0 aliphatic carbocycles. The molecule has 0 radical (unpaired) electrons. The van der Waals surface area contributed by atoms with Crippen LogP contribution in [0.15, 0.2) is 36.7 Å². The van der Waals surface area contributed by atoms with Gasteiger partial charge in [-0.25, -0.2) is 9.97 Å². The first-order valence-electron chi connectivity index (χ1n) is 24.8. The molecule has 1 aromatic heterocycles. The smallest absolute Gasteiger partial charge is 0.255 e. The number of carbonyl (C=O) groups excluding carboxylic acids is 7. The van der Waals surface area contributed by atoms with E-state index in [2.05, 4.69) is 36.6 Å². The number of amides is 7. The summed E-state index contributed by atoms with van der Waals surface area (Å²) in [5, 5.41) is 14.0. The minimum absolute atomic E-state index is 0.0000692. The molecule has 396 valence electrons. The Hall–Kier alpha value is -5.24. The van der Waals surface area contributed by atoms with Crippen molar-refractivity contribution >= 4 is 58.6 Å². The monoisotopic (exact) mass is 1010 g/mol. The van der Waals surface area contributed by atoms with Crippen molar-refractivity contribution in [2.45, 2.75) is 149 Å². The van der Waals surface area contributed by atoms with Gasteiger partial charge in [-0.15, -0.1) is 11.6 Å². The summed E-state index contributed by atoms with van der Waals surface area (Å²) in [4.78, 5) is 108. The molecule has 10 atom stereocenters. The zero-order valence-corrected chi connectivity index (χ0v) is 45.1. The first kappa shape index (κ1) is 60.1. The summed E-state index contributed by atoms with van der Waals surface area (Å²) < 4.78 is 12.0. The maximum atomic E-state index is 14.3. The van der Waals surface area contributed by atoms with Crippen LogP contribution in [-0.4, -0.2) is 163 Å². The average molecular weight is 1010 g/mol. The molecule has 0 saturated carbocycles. The predicted molar refractivity (Wildman–Crippen MR) is 273 cm³/mol. The number of likely N-dealkylation sites (tertiary alicyclic amines) is 1. The van der Waals surface area contributed by atoms with E-state index >= 15 is 0 Å². The summed E-state index contributed by atoms with van der Waals surface area (Å²) in [6, 6.07) is 3.19. The Morgan fingerprint density at radius 1 is 0.831 bits per heavy atom. The van der Waals surface area contributed by atoms with Gasteiger partial charge in [0.25, 0.3) is 5.91 Å². The zero-order valence-electron chi connectivity index (χ0n) is 44.3. The van der Waals surface area contributed by atoms with Crippen molar-refractivity contribution in [1.82, 2.24) is 45.9 Å². The zero-order chi connectivity index (χ0) is 53.3. The number of methoxy groups -OCH3 is 2. The van der Waals surface area contributed by atoms with E-state index in [0.717, 1.165) is 12.0 Å². The molecule has 19 nitrogen and oxygen atoms in total. The number of hydrogen-bond donors (Lipinski definition) is 5. The number of carbonyl (C=O) groups is 7. The molecule has 2 aromatic rings. The molecule has 1 saturated heterocycles. The van der Waals surface area contributed by atoms with Crippen LogP contribution in [0, 0.1) is 23.7 Å². The highest BCUT2D eigenvalue weighted by Gasteiger charge is 2.43. The summed E-state index contributed by atoms with van der Waals surface area (Å²) in [7, 11) is 8.51. The van der Waals surface area contributed by atoms with Crippen molar-refractivity contribution in [2.24, 2.45) is 23.7 Å². The highest BCUT2D eigenvalue weighted by atomic mass is 35.5. The van der Waals surface area contributed by atoms with Crippen LogP contribution in [-0.2, 0) is 50.5 Å². The van der Waals surface area contributed by atoms with E-state index in [1.54, 1.807) is 56.2 Å². The Balaban J connectivity index is 1.60. The topological polar surface area (TPSA) is 234 Å². The lowest BCUT2D eigenvalue weighted by Gasteiger charge is -2.41. The van der Waals surface area contributed by atoms with Crippen molar-refractivity contribution in [3.05, 3.63) is 53.6 Å². The molecule has 0 bridgehead atoms. The highest BCUT2D eigenvalue weighted by Crippen LogP contribution is 2.30. The molecule has 20 heteroatoms. The minimum Gasteiger partial charge on any atom is -0.379 e. The first-order chi connectivity index (χ1) is 33.5. The summed E-state index contributed by atoms with van der Waals surface area (Å²) in [6.07, 6.45) is 3.90. The van der Waals surface area contributed by atoms with Gasteiger partial charge >= 0.3 is 0 Å². The molecule has 1 aliphatic rings. The fourth-order valence-electron chi connectivity index (χ4n) is 9.25. The minimum atomic E-state index is -0.961. The van der Waals surface area contributed by atoms with Gasteiger partial charge in [0.15, 0.2) is 0 Å². The van der Waals surface area contributed by atoms with Crippen LogP contribution in [0.2, 0.25) is 0 Å². The number of benzene rings is 1. The van der Waals surface area contributed by atoms with Gasteiger partial charge in [0.1, 0.15) is 23.9 Å². The van der Waals surface area contributed by atoms with Gasteiger partial charge in [-0.2, -0.15) is 0 Å².